The Kier molecular flexibility index (Phi) is 5.59. The largest absolute Gasteiger partial charge is 0.461 e. The monoisotopic (exact) mass is 434 g/mol. The number of esters is 1. The Morgan fingerprint density at radius 3 is 2.78 bits per heavy atom. The van der Waals surface area contributed by atoms with Crippen LogP contribution in [0, 0.1) is 13.8 Å². The van der Waals surface area contributed by atoms with Crippen LogP contribution in [-0.4, -0.2) is 42.9 Å². The lowest BCUT2D eigenvalue weighted by Gasteiger charge is -2.12. The number of H-pyrrole nitrogens is 1. The number of benzene rings is 1. The predicted octanol–water partition coefficient (Wildman–Crippen LogP) is 2.18. The second-order valence-corrected chi connectivity index (χ2v) is 7.22. The van der Waals surface area contributed by atoms with E-state index in [1.165, 1.54) is 10.7 Å². The van der Waals surface area contributed by atoms with Gasteiger partial charge in [-0.1, -0.05) is 6.07 Å². The van der Waals surface area contributed by atoms with Gasteiger partial charge in [-0.2, -0.15) is 5.10 Å². The summed E-state index contributed by atoms with van der Waals surface area (Å²) in [4.78, 5) is 40.6. The van der Waals surface area contributed by atoms with Crippen molar-refractivity contribution in [3.63, 3.8) is 0 Å². The number of hydrogen-bond donors (Lipinski definition) is 2. The molecule has 32 heavy (non-hydrogen) atoms. The molecule has 1 amide bonds. The van der Waals surface area contributed by atoms with Crippen LogP contribution in [0.25, 0.3) is 11.3 Å². The molecule has 164 valence electrons. The fourth-order valence-electron chi connectivity index (χ4n) is 3.48. The van der Waals surface area contributed by atoms with E-state index in [9.17, 15) is 14.4 Å². The third-order valence-corrected chi connectivity index (χ3v) is 5.01. The van der Waals surface area contributed by atoms with E-state index >= 15 is 0 Å². The van der Waals surface area contributed by atoms with Crippen molar-refractivity contribution in [3.8, 4) is 5.69 Å². The van der Waals surface area contributed by atoms with Crippen molar-refractivity contribution in [2.24, 2.45) is 0 Å². The van der Waals surface area contributed by atoms with Crippen LogP contribution in [0.2, 0.25) is 0 Å². The summed E-state index contributed by atoms with van der Waals surface area (Å²) in [5, 5.41) is 9.79. The molecule has 4 aromatic rings. The van der Waals surface area contributed by atoms with E-state index in [0.717, 1.165) is 11.3 Å². The summed E-state index contributed by atoms with van der Waals surface area (Å²) in [6.07, 6.45) is 1.75. The number of aryl methyl sites for hydroxylation is 2. The number of nitrogens with zero attached hydrogens (tertiary/aromatic N) is 4. The maximum atomic E-state index is 12.7. The SMILES string of the molecule is CCOC(=O)c1ccn(-c2cccc(NC(=O)Cc3c(C)nc4cc(=O)[nH]n4c3C)c2)n1. The van der Waals surface area contributed by atoms with Gasteiger partial charge in [-0.05, 0) is 45.0 Å². The average Bonchev–Trinajstić information content (AvgIpc) is 3.38. The fraction of sp³-hybridized carbons (Fsp3) is 0.227. The van der Waals surface area contributed by atoms with Crippen LogP contribution in [0.15, 0.2) is 47.4 Å². The second kappa shape index (κ2) is 8.50. The summed E-state index contributed by atoms with van der Waals surface area (Å²) in [5.41, 5.74) is 3.92. The number of hydrogen-bond acceptors (Lipinski definition) is 6. The van der Waals surface area contributed by atoms with Gasteiger partial charge < -0.3 is 10.1 Å². The van der Waals surface area contributed by atoms with Crippen LogP contribution < -0.4 is 10.9 Å². The summed E-state index contributed by atoms with van der Waals surface area (Å²) in [5.74, 6) is -0.715. The number of amides is 1. The van der Waals surface area contributed by atoms with Crippen LogP contribution in [-0.2, 0) is 16.0 Å². The van der Waals surface area contributed by atoms with Gasteiger partial charge in [0.25, 0.3) is 5.56 Å². The van der Waals surface area contributed by atoms with Gasteiger partial charge in [-0.15, -0.1) is 0 Å². The number of aromatic amines is 1. The first-order chi connectivity index (χ1) is 15.4. The molecular weight excluding hydrogens is 412 g/mol. The van der Waals surface area contributed by atoms with Crippen molar-refractivity contribution >= 4 is 23.2 Å². The molecule has 0 saturated carbocycles. The lowest BCUT2D eigenvalue weighted by Crippen LogP contribution is -2.18. The summed E-state index contributed by atoms with van der Waals surface area (Å²) in [6, 6.07) is 10.1. The van der Waals surface area contributed by atoms with E-state index in [1.807, 2.05) is 19.9 Å². The van der Waals surface area contributed by atoms with Gasteiger partial charge in [0.15, 0.2) is 11.3 Å². The summed E-state index contributed by atoms with van der Waals surface area (Å²) in [6.45, 7) is 5.65. The molecule has 0 atom stereocenters. The predicted molar refractivity (Wildman–Crippen MR) is 117 cm³/mol. The Balaban J connectivity index is 1.52. The van der Waals surface area contributed by atoms with E-state index in [-0.39, 0.29) is 30.2 Å². The van der Waals surface area contributed by atoms with Crippen molar-refractivity contribution in [2.45, 2.75) is 27.2 Å². The number of aromatic nitrogens is 5. The third-order valence-electron chi connectivity index (χ3n) is 5.01. The molecule has 0 fully saturated rings. The van der Waals surface area contributed by atoms with Gasteiger partial charge in [0.05, 0.1) is 18.7 Å². The molecule has 4 rings (SSSR count). The van der Waals surface area contributed by atoms with Crippen LogP contribution in [0.4, 0.5) is 5.69 Å². The molecule has 2 N–H and O–H groups in total. The molecule has 3 aromatic heterocycles. The van der Waals surface area contributed by atoms with Gasteiger partial charge >= 0.3 is 5.97 Å². The first-order valence-electron chi connectivity index (χ1n) is 10.1. The molecule has 0 spiro atoms. The van der Waals surface area contributed by atoms with Crippen molar-refractivity contribution in [2.75, 3.05) is 11.9 Å². The topological polar surface area (TPSA) is 123 Å². The minimum Gasteiger partial charge on any atom is -0.461 e. The number of anilines is 1. The molecule has 3 heterocycles. The minimum absolute atomic E-state index is 0.0970. The van der Waals surface area contributed by atoms with Crippen LogP contribution in [0.3, 0.4) is 0 Å². The number of nitrogens with one attached hydrogen (secondary N) is 2. The first-order valence-corrected chi connectivity index (χ1v) is 10.1. The first kappa shape index (κ1) is 21.0. The number of fused-ring (bicyclic) bond motifs is 1. The molecule has 0 aliphatic heterocycles. The van der Waals surface area contributed by atoms with Crippen LogP contribution in [0.1, 0.15) is 34.4 Å². The standard InChI is InChI=1S/C22H22N6O4/c1-4-32-22(31)18-8-9-27(25-18)16-7-5-6-15(10-16)24-20(29)11-17-13(2)23-19-12-21(30)26-28(19)14(17)3/h5-10,12H,4,11H2,1-3H3,(H,24,29)(H,26,30). The quantitative estimate of drug-likeness (QED) is 0.449. The zero-order chi connectivity index (χ0) is 22.8. The highest BCUT2D eigenvalue weighted by Crippen LogP contribution is 2.17. The fourth-order valence-corrected chi connectivity index (χ4v) is 3.48. The number of rotatable bonds is 6. The molecule has 0 aliphatic carbocycles. The summed E-state index contributed by atoms with van der Waals surface area (Å²) >= 11 is 0. The minimum atomic E-state index is -0.490. The number of carbonyl (C=O) groups is 2. The van der Waals surface area contributed by atoms with Gasteiger partial charge in [0.1, 0.15) is 0 Å². The Hall–Kier alpha value is -4.21. The van der Waals surface area contributed by atoms with E-state index in [0.29, 0.717) is 22.7 Å². The van der Waals surface area contributed by atoms with Gasteiger partial charge in [0, 0.05) is 34.9 Å². The molecule has 1 aromatic carbocycles. The Morgan fingerprint density at radius 1 is 1.19 bits per heavy atom. The molecule has 0 aliphatic rings. The van der Waals surface area contributed by atoms with Gasteiger partial charge in [-0.3, -0.25) is 14.7 Å². The zero-order valence-corrected chi connectivity index (χ0v) is 17.9. The molecule has 0 bridgehead atoms. The summed E-state index contributed by atoms with van der Waals surface area (Å²) in [7, 11) is 0. The van der Waals surface area contributed by atoms with E-state index in [4.69, 9.17) is 4.74 Å². The van der Waals surface area contributed by atoms with Gasteiger partial charge in [0.2, 0.25) is 5.91 Å². The highest BCUT2D eigenvalue weighted by molar-refractivity contribution is 5.93. The van der Waals surface area contributed by atoms with E-state index in [2.05, 4.69) is 20.5 Å². The highest BCUT2D eigenvalue weighted by atomic mass is 16.5. The van der Waals surface area contributed by atoms with Crippen molar-refractivity contribution < 1.29 is 14.3 Å². The highest BCUT2D eigenvalue weighted by Gasteiger charge is 2.15. The molecule has 0 radical (unpaired) electrons. The maximum absolute atomic E-state index is 12.7. The Morgan fingerprint density at radius 2 is 2.00 bits per heavy atom. The zero-order valence-electron chi connectivity index (χ0n) is 17.9. The van der Waals surface area contributed by atoms with Crippen molar-refractivity contribution in [1.29, 1.82) is 0 Å². The molecule has 10 nitrogen and oxygen atoms in total. The number of carbonyl (C=O) groups excluding carboxylic acids is 2. The van der Waals surface area contributed by atoms with E-state index in [1.54, 1.807) is 41.9 Å². The Labute approximate surface area is 182 Å². The second-order valence-electron chi connectivity index (χ2n) is 7.22. The van der Waals surface area contributed by atoms with Gasteiger partial charge in [-0.25, -0.2) is 19.0 Å². The average molecular weight is 434 g/mol. The van der Waals surface area contributed by atoms with Crippen LogP contribution >= 0.6 is 0 Å². The van der Waals surface area contributed by atoms with E-state index < -0.39 is 5.97 Å². The lowest BCUT2D eigenvalue weighted by molar-refractivity contribution is -0.115. The molecule has 10 heteroatoms. The van der Waals surface area contributed by atoms with Crippen molar-refractivity contribution in [1.82, 2.24) is 24.4 Å². The third kappa shape index (κ3) is 4.15. The smallest absolute Gasteiger partial charge is 0.358 e. The summed E-state index contributed by atoms with van der Waals surface area (Å²) < 4.78 is 8.08. The maximum Gasteiger partial charge on any atom is 0.358 e. The van der Waals surface area contributed by atoms with Crippen LogP contribution in [0.5, 0.6) is 0 Å². The number of ether oxygens (including phenoxy) is 1. The van der Waals surface area contributed by atoms with Crippen molar-refractivity contribution in [3.05, 3.63) is 75.6 Å². The normalized spacial score (nSPS) is 11.0. The molecule has 0 saturated heterocycles. The Bertz CT molecular complexity index is 1380. The molecular formula is C22H22N6O4. The lowest BCUT2D eigenvalue weighted by atomic mass is 10.1. The molecule has 0 unspecified atom stereocenters.